The van der Waals surface area contributed by atoms with Crippen LogP contribution in [0, 0.1) is 5.92 Å². The minimum absolute atomic E-state index is 0.267. The molecule has 0 radical (unpaired) electrons. The van der Waals surface area contributed by atoms with Gasteiger partial charge >= 0.3 is 0 Å². The molecule has 0 saturated heterocycles. The van der Waals surface area contributed by atoms with Gasteiger partial charge in [0.2, 0.25) is 10.0 Å². The fourth-order valence-electron chi connectivity index (χ4n) is 2.78. The Morgan fingerprint density at radius 3 is 2.59 bits per heavy atom. The zero-order valence-corrected chi connectivity index (χ0v) is 18.9. The molecule has 1 aliphatic rings. The van der Waals surface area contributed by atoms with Crippen LogP contribution in [0.1, 0.15) is 52.5 Å². The number of rotatable bonds is 11. The number of nitrogens with one attached hydrogen (secondary N) is 3. The third-order valence-corrected chi connectivity index (χ3v) is 6.12. The second kappa shape index (κ2) is 10.9. The molecular weight excluding hydrogens is 388 g/mol. The van der Waals surface area contributed by atoms with Gasteiger partial charge in [-0.3, -0.25) is 0 Å². The molecule has 0 aliphatic heterocycles. The molecule has 0 aromatic heterocycles. The van der Waals surface area contributed by atoms with Crippen LogP contribution >= 0.6 is 0 Å². The first-order chi connectivity index (χ1) is 13.7. The maximum atomic E-state index is 12.8. The fourth-order valence-corrected chi connectivity index (χ4v) is 4.43. The van der Waals surface area contributed by atoms with Crippen molar-refractivity contribution in [3.8, 4) is 0 Å². The van der Waals surface area contributed by atoms with Gasteiger partial charge < -0.3 is 15.4 Å². The molecule has 0 atom stereocenters. The highest BCUT2D eigenvalue weighted by atomic mass is 32.2. The third kappa shape index (κ3) is 9.14. The summed E-state index contributed by atoms with van der Waals surface area (Å²) in [5.41, 5.74) is 0.113. The van der Waals surface area contributed by atoms with Gasteiger partial charge in [-0.05, 0) is 64.5 Å². The van der Waals surface area contributed by atoms with Crippen LogP contribution < -0.4 is 15.4 Å². The smallest absolute Gasteiger partial charge is 0.241 e. The number of aliphatic imine (C=N–C) groups is 1. The summed E-state index contributed by atoms with van der Waals surface area (Å²) in [4.78, 5) is 4.84. The highest BCUT2D eigenvalue weighted by Crippen LogP contribution is 2.28. The minimum atomic E-state index is -3.61. The number of benzene rings is 1. The number of guanidine groups is 1. The molecule has 7 nitrogen and oxygen atoms in total. The van der Waals surface area contributed by atoms with E-state index in [4.69, 9.17) is 4.74 Å². The average Bonchev–Trinajstić information content (AvgIpc) is 3.45. The van der Waals surface area contributed by atoms with Crippen molar-refractivity contribution in [3.63, 3.8) is 0 Å². The van der Waals surface area contributed by atoms with Crippen molar-refractivity contribution in [2.24, 2.45) is 10.9 Å². The highest BCUT2D eigenvalue weighted by Gasteiger charge is 2.24. The molecule has 3 N–H and O–H groups in total. The van der Waals surface area contributed by atoms with Gasteiger partial charge in [-0.2, -0.15) is 0 Å². The number of nitrogens with zero attached hydrogens (tertiary/aromatic N) is 1. The predicted molar refractivity (Wildman–Crippen MR) is 117 cm³/mol. The van der Waals surface area contributed by atoms with Crippen LogP contribution in [0.15, 0.2) is 34.2 Å². The van der Waals surface area contributed by atoms with Gasteiger partial charge in [-0.1, -0.05) is 18.2 Å². The fraction of sp³-hybridized carbons (Fsp3) is 0.667. The van der Waals surface area contributed by atoms with Crippen LogP contribution in [0.2, 0.25) is 0 Å². The third-order valence-electron chi connectivity index (χ3n) is 4.26. The van der Waals surface area contributed by atoms with Crippen LogP contribution in [0.3, 0.4) is 0 Å². The Morgan fingerprint density at radius 1 is 1.21 bits per heavy atom. The van der Waals surface area contributed by atoms with Crippen molar-refractivity contribution in [1.29, 1.82) is 0 Å². The monoisotopic (exact) mass is 424 g/mol. The van der Waals surface area contributed by atoms with Crippen LogP contribution in [0.5, 0.6) is 0 Å². The molecule has 0 amide bonds. The van der Waals surface area contributed by atoms with Gasteiger partial charge in [0.15, 0.2) is 5.96 Å². The number of sulfonamides is 1. The first-order valence-electron chi connectivity index (χ1n) is 10.4. The van der Waals surface area contributed by atoms with Gasteiger partial charge in [-0.15, -0.1) is 0 Å². The second-order valence-electron chi connectivity index (χ2n) is 8.46. The normalized spacial score (nSPS) is 15.4. The minimum Gasteiger partial charge on any atom is -0.381 e. The van der Waals surface area contributed by atoms with Crippen molar-refractivity contribution >= 4 is 16.0 Å². The molecule has 8 heteroatoms. The topological polar surface area (TPSA) is 91.8 Å². The molecule has 1 aromatic rings. The molecular formula is C21H36N4O3S. The number of hydrogen-bond acceptors (Lipinski definition) is 4. The van der Waals surface area contributed by atoms with E-state index in [1.807, 2.05) is 33.8 Å². The Hall–Kier alpha value is -1.64. The van der Waals surface area contributed by atoms with Crippen molar-refractivity contribution in [1.82, 2.24) is 15.4 Å². The van der Waals surface area contributed by atoms with Crippen molar-refractivity contribution < 1.29 is 13.2 Å². The van der Waals surface area contributed by atoms with Crippen molar-refractivity contribution in [2.45, 2.75) is 63.9 Å². The summed E-state index contributed by atoms with van der Waals surface area (Å²) in [5, 5.41) is 6.49. The van der Waals surface area contributed by atoms with Crippen LogP contribution in [0.25, 0.3) is 0 Å². The Balaban J connectivity index is 1.95. The zero-order valence-electron chi connectivity index (χ0n) is 18.1. The van der Waals surface area contributed by atoms with E-state index in [0.717, 1.165) is 38.6 Å². The van der Waals surface area contributed by atoms with E-state index in [1.165, 1.54) is 12.8 Å². The first kappa shape index (κ1) is 23.6. The van der Waals surface area contributed by atoms with Crippen molar-refractivity contribution in [2.75, 3.05) is 26.3 Å². The lowest BCUT2D eigenvalue weighted by Gasteiger charge is -2.21. The van der Waals surface area contributed by atoms with E-state index >= 15 is 0 Å². The molecule has 0 bridgehead atoms. The standard InChI is InChI=1S/C21H36N4O3S/c1-5-22-20(23-13-8-14-28-16-17-11-12-17)24-15-18-9-6-7-10-19(18)29(26,27)25-21(2,3)4/h6-7,9-10,17,25H,5,8,11-16H2,1-4H3,(H2,22,23,24). The molecule has 0 spiro atoms. The molecule has 164 valence electrons. The van der Waals surface area contributed by atoms with Gasteiger partial charge in [0.05, 0.1) is 11.4 Å². The zero-order chi connectivity index (χ0) is 21.3. The van der Waals surface area contributed by atoms with E-state index in [1.54, 1.807) is 18.2 Å². The quantitative estimate of drug-likeness (QED) is 0.289. The molecule has 2 rings (SSSR count). The maximum absolute atomic E-state index is 12.8. The van der Waals surface area contributed by atoms with E-state index < -0.39 is 15.6 Å². The van der Waals surface area contributed by atoms with Gasteiger partial charge in [0.25, 0.3) is 0 Å². The highest BCUT2D eigenvalue weighted by molar-refractivity contribution is 7.89. The Morgan fingerprint density at radius 2 is 1.93 bits per heavy atom. The second-order valence-corrected chi connectivity index (χ2v) is 10.1. The summed E-state index contributed by atoms with van der Waals surface area (Å²) in [6.07, 6.45) is 3.51. The largest absolute Gasteiger partial charge is 0.381 e. The molecule has 0 unspecified atom stereocenters. The maximum Gasteiger partial charge on any atom is 0.241 e. The van der Waals surface area contributed by atoms with Crippen LogP contribution in [0.4, 0.5) is 0 Å². The lowest BCUT2D eigenvalue weighted by molar-refractivity contribution is 0.123. The SMILES string of the molecule is CCNC(=NCc1ccccc1S(=O)(=O)NC(C)(C)C)NCCCOCC1CC1. The van der Waals surface area contributed by atoms with Gasteiger partial charge in [0, 0.05) is 31.8 Å². The molecule has 0 heterocycles. The summed E-state index contributed by atoms with van der Waals surface area (Å²) in [6, 6.07) is 6.99. The molecule has 1 aliphatic carbocycles. The first-order valence-corrected chi connectivity index (χ1v) is 11.9. The van der Waals surface area contributed by atoms with E-state index in [9.17, 15) is 8.42 Å². The Labute approximate surface area is 175 Å². The Kier molecular flexibility index (Phi) is 8.92. The Bertz CT molecular complexity index is 768. The average molecular weight is 425 g/mol. The molecule has 29 heavy (non-hydrogen) atoms. The van der Waals surface area contributed by atoms with E-state index in [0.29, 0.717) is 11.5 Å². The van der Waals surface area contributed by atoms with Crippen LogP contribution in [-0.2, 0) is 21.3 Å². The lowest BCUT2D eigenvalue weighted by Crippen LogP contribution is -2.40. The van der Waals surface area contributed by atoms with Gasteiger partial charge in [-0.25, -0.2) is 18.1 Å². The molecule has 1 saturated carbocycles. The van der Waals surface area contributed by atoms with E-state index in [2.05, 4.69) is 20.3 Å². The summed E-state index contributed by atoms with van der Waals surface area (Å²) < 4.78 is 33.9. The van der Waals surface area contributed by atoms with Gasteiger partial charge in [0.1, 0.15) is 0 Å². The summed E-state index contributed by atoms with van der Waals surface area (Å²) in [5.74, 6) is 1.46. The number of ether oxygens (including phenoxy) is 1. The molecule has 1 fully saturated rings. The molecule has 1 aromatic carbocycles. The summed E-state index contributed by atoms with van der Waals surface area (Å²) >= 11 is 0. The predicted octanol–water partition coefficient (Wildman–Crippen LogP) is 2.64. The summed E-state index contributed by atoms with van der Waals surface area (Å²) in [6.45, 7) is 10.9. The van der Waals surface area contributed by atoms with Crippen molar-refractivity contribution in [3.05, 3.63) is 29.8 Å². The summed E-state index contributed by atoms with van der Waals surface area (Å²) in [7, 11) is -3.61. The number of hydrogen-bond donors (Lipinski definition) is 3. The van der Waals surface area contributed by atoms with E-state index in [-0.39, 0.29) is 11.4 Å². The lowest BCUT2D eigenvalue weighted by atomic mass is 10.1. The van der Waals surface area contributed by atoms with Crippen LogP contribution in [-0.4, -0.2) is 46.2 Å².